The van der Waals surface area contributed by atoms with Crippen LogP contribution in [0.2, 0.25) is 0 Å². The Morgan fingerprint density at radius 1 is 1.11 bits per heavy atom. The number of amides is 2. The molecule has 9 nitrogen and oxygen atoms in total. The van der Waals surface area contributed by atoms with Gasteiger partial charge < -0.3 is 19.7 Å². The summed E-state index contributed by atoms with van der Waals surface area (Å²) in [5.74, 6) is 0.153. The van der Waals surface area contributed by atoms with E-state index in [1.807, 2.05) is 66.4 Å². The molecule has 0 spiro atoms. The SMILES string of the molecule is CCOc1ccc(N2C(=NC(=O)C(Cc3ccccc3)NC(=O)OC(C)(C)C)SC3CS(=O)(=O)CC32)cc1. The Balaban J connectivity index is 1.64. The Morgan fingerprint density at radius 3 is 2.42 bits per heavy atom. The largest absolute Gasteiger partial charge is 0.494 e. The summed E-state index contributed by atoms with van der Waals surface area (Å²) in [5, 5.41) is 2.84. The summed E-state index contributed by atoms with van der Waals surface area (Å²) in [6.45, 7) is 7.66. The number of carbonyl (C=O) groups excluding carboxylic acids is 2. The van der Waals surface area contributed by atoms with Crippen molar-refractivity contribution in [2.24, 2.45) is 4.99 Å². The van der Waals surface area contributed by atoms with Crippen LogP contribution in [-0.2, 0) is 25.8 Å². The highest BCUT2D eigenvalue weighted by molar-refractivity contribution is 8.16. The maximum absolute atomic E-state index is 13.5. The molecule has 2 aromatic carbocycles. The molecule has 0 radical (unpaired) electrons. The van der Waals surface area contributed by atoms with Crippen molar-refractivity contribution in [2.45, 2.75) is 57.1 Å². The van der Waals surface area contributed by atoms with E-state index in [1.165, 1.54) is 11.8 Å². The molecule has 2 aromatic rings. The maximum atomic E-state index is 13.5. The molecule has 0 aliphatic carbocycles. The van der Waals surface area contributed by atoms with E-state index in [9.17, 15) is 18.0 Å². The number of nitrogens with zero attached hydrogens (tertiary/aromatic N) is 2. The average molecular weight is 560 g/mol. The van der Waals surface area contributed by atoms with Gasteiger partial charge in [0.25, 0.3) is 5.91 Å². The number of thioether (sulfide) groups is 1. The molecular weight excluding hydrogens is 526 g/mol. The summed E-state index contributed by atoms with van der Waals surface area (Å²) in [7, 11) is -3.21. The molecule has 11 heteroatoms. The van der Waals surface area contributed by atoms with E-state index >= 15 is 0 Å². The van der Waals surface area contributed by atoms with Crippen molar-refractivity contribution in [3.05, 3.63) is 60.2 Å². The molecule has 2 amide bonds. The number of benzene rings is 2. The Hall–Kier alpha value is -3.05. The minimum atomic E-state index is -3.21. The van der Waals surface area contributed by atoms with E-state index in [-0.39, 0.29) is 29.2 Å². The van der Waals surface area contributed by atoms with Gasteiger partial charge >= 0.3 is 6.09 Å². The fraction of sp³-hybridized carbons (Fsp3) is 0.444. The van der Waals surface area contributed by atoms with Crippen LogP contribution in [0.4, 0.5) is 10.5 Å². The molecular formula is C27H33N3O6S2. The number of anilines is 1. The van der Waals surface area contributed by atoms with Crippen LogP contribution >= 0.6 is 11.8 Å². The number of sulfone groups is 1. The molecule has 0 aromatic heterocycles. The number of aliphatic imine (C=N–C) groups is 1. The van der Waals surface area contributed by atoms with Gasteiger partial charge in [-0.15, -0.1) is 0 Å². The molecule has 2 aliphatic heterocycles. The summed E-state index contributed by atoms with van der Waals surface area (Å²) in [4.78, 5) is 32.4. The highest BCUT2D eigenvalue weighted by Crippen LogP contribution is 2.41. The van der Waals surface area contributed by atoms with Crippen LogP contribution in [-0.4, -0.2) is 66.6 Å². The van der Waals surface area contributed by atoms with Gasteiger partial charge in [0.1, 0.15) is 17.4 Å². The Morgan fingerprint density at radius 2 is 1.79 bits per heavy atom. The van der Waals surface area contributed by atoms with Crippen molar-refractivity contribution in [1.82, 2.24) is 5.32 Å². The minimum Gasteiger partial charge on any atom is -0.494 e. The van der Waals surface area contributed by atoms with Crippen molar-refractivity contribution in [3.63, 3.8) is 0 Å². The first-order chi connectivity index (χ1) is 17.9. The number of nitrogens with one attached hydrogen (secondary N) is 1. The minimum absolute atomic E-state index is 0.0192. The second-order valence-electron chi connectivity index (χ2n) is 10.2. The molecule has 1 N–H and O–H groups in total. The lowest BCUT2D eigenvalue weighted by molar-refractivity contribution is -0.119. The second kappa shape index (κ2) is 11.4. The van der Waals surface area contributed by atoms with Gasteiger partial charge in [0.2, 0.25) is 0 Å². The molecule has 2 heterocycles. The van der Waals surface area contributed by atoms with Gasteiger partial charge in [-0.2, -0.15) is 4.99 Å². The third kappa shape index (κ3) is 7.08. The number of fused-ring (bicyclic) bond motifs is 1. The van der Waals surface area contributed by atoms with Crippen molar-refractivity contribution < 1.29 is 27.5 Å². The van der Waals surface area contributed by atoms with Crippen LogP contribution in [0.3, 0.4) is 0 Å². The smallest absolute Gasteiger partial charge is 0.408 e. The van der Waals surface area contributed by atoms with Gasteiger partial charge in [-0.05, 0) is 57.5 Å². The summed E-state index contributed by atoms with van der Waals surface area (Å²) < 4.78 is 35.7. The van der Waals surface area contributed by atoms with Gasteiger partial charge in [-0.3, -0.25) is 4.79 Å². The first kappa shape index (κ1) is 28.0. The molecule has 38 heavy (non-hydrogen) atoms. The van der Waals surface area contributed by atoms with Gasteiger partial charge in [0, 0.05) is 17.4 Å². The number of hydrogen-bond donors (Lipinski definition) is 1. The lowest BCUT2D eigenvalue weighted by Gasteiger charge is -2.25. The van der Waals surface area contributed by atoms with Gasteiger partial charge in [0.15, 0.2) is 15.0 Å². The zero-order valence-corrected chi connectivity index (χ0v) is 23.6. The Bertz CT molecular complexity index is 1290. The lowest BCUT2D eigenvalue weighted by atomic mass is 10.1. The lowest BCUT2D eigenvalue weighted by Crippen LogP contribution is -2.45. The molecule has 0 bridgehead atoms. The molecule has 2 fully saturated rings. The van der Waals surface area contributed by atoms with Crippen molar-refractivity contribution in [2.75, 3.05) is 23.0 Å². The molecule has 3 atom stereocenters. The Labute approximate surface area is 227 Å². The summed E-state index contributed by atoms with van der Waals surface area (Å²) in [6.07, 6.45) is -0.484. The molecule has 204 valence electrons. The van der Waals surface area contributed by atoms with E-state index in [0.29, 0.717) is 17.5 Å². The highest BCUT2D eigenvalue weighted by Gasteiger charge is 2.49. The third-order valence-corrected chi connectivity index (χ3v) is 9.18. The standard InChI is InChI=1S/C27H33N3O6S2/c1-5-35-20-13-11-19(12-14-20)30-22-16-38(33,34)17-23(22)37-25(30)29-24(31)21(15-18-9-7-6-8-10-18)28-26(32)36-27(2,3)4/h6-14,21-23H,5,15-17H2,1-4H3,(H,28,32). The summed E-state index contributed by atoms with van der Waals surface area (Å²) in [6, 6.07) is 15.3. The van der Waals surface area contributed by atoms with Crippen molar-refractivity contribution >= 4 is 44.5 Å². The van der Waals surface area contributed by atoms with E-state index in [1.54, 1.807) is 20.8 Å². The van der Waals surface area contributed by atoms with Crippen LogP contribution in [0.15, 0.2) is 59.6 Å². The van der Waals surface area contributed by atoms with E-state index in [0.717, 1.165) is 11.3 Å². The fourth-order valence-corrected chi connectivity index (χ4v) is 8.33. The zero-order valence-electron chi connectivity index (χ0n) is 21.9. The molecule has 3 unspecified atom stereocenters. The highest BCUT2D eigenvalue weighted by atomic mass is 32.2. The summed E-state index contributed by atoms with van der Waals surface area (Å²) in [5.41, 5.74) is 0.842. The number of rotatable bonds is 7. The van der Waals surface area contributed by atoms with Crippen LogP contribution in [0, 0.1) is 0 Å². The monoisotopic (exact) mass is 559 g/mol. The van der Waals surface area contributed by atoms with E-state index in [4.69, 9.17) is 9.47 Å². The quantitative estimate of drug-likeness (QED) is 0.545. The van der Waals surface area contributed by atoms with Crippen molar-refractivity contribution in [1.29, 1.82) is 0 Å². The van der Waals surface area contributed by atoms with Crippen LogP contribution in [0.5, 0.6) is 5.75 Å². The molecule has 0 saturated carbocycles. The van der Waals surface area contributed by atoms with E-state index < -0.39 is 33.5 Å². The summed E-state index contributed by atoms with van der Waals surface area (Å²) >= 11 is 1.28. The first-order valence-electron chi connectivity index (χ1n) is 12.5. The first-order valence-corrected chi connectivity index (χ1v) is 15.2. The predicted molar refractivity (Wildman–Crippen MR) is 150 cm³/mol. The molecule has 2 saturated heterocycles. The third-order valence-electron chi connectivity index (χ3n) is 5.97. The van der Waals surface area contributed by atoms with Crippen LogP contribution in [0.25, 0.3) is 0 Å². The number of hydrogen-bond acceptors (Lipinski definition) is 7. The molecule has 4 rings (SSSR count). The van der Waals surface area contributed by atoms with Crippen molar-refractivity contribution in [3.8, 4) is 5.75 Å². The van der Waals surface area contributed by atoms with Crippen LogP contribution in [0.1, 0.15) is 33.3 Å². The van der Waals surface area contributed by atoms with Crippen LogP contribution < -0.4 is 15.0 Å². The van der Waals surface area contributed by atoms with Gasteiger partial charge in [-0.1, -0.05) is 42.1 Å². The van der Waals surface area contributed by atoms with E-state index in [2.05, 4.69) is 10.3 Å². The van der Waals surface area contributed by atoms with Gasteiger partial charge in [0.05, 0.1) is 24.2 Å². The number of alkyl carbamates (subject to hydrolysis) is 1. The Kier molecular flexibility index (Phi) is 8.37. The normalized spacial score (nSPS) is 22.1. The average Bonchev–Trinajstić information content (AvgIpc) is 3.29. The number of amidine groups is 1. The fourth-order valence-electron chi connectivity index (χ4n) is 4.41. The van der Waals surface area contributed by atoms with Gasteiger partial charge in [-0.25, -0.2) is 13.2 Å². The number of carbonyl (C=O) groups is 2. The topological polar surface area (TPSA) is 114 Å². The zero-order chi connectivity index (χ0) is 27.5. The predicted octanol–water partition coefficient (Wildman–Crippen LogP) is 3.82. The maximum Gasteiger partial charge on any atom is 0.408 e. The second-order valence-corrected chi connectivity index (χ2v) is 13.6. The molecule has 2 aliphatic rings. The number of ether oxygens (including phenoxy) is 2.